The average Bonchev–Trinajstić information content (AvgIpc) is 3.07. The second-order valence-corrected chi connectivity index (χ2v) is 13.9. The first-order valence-corrected chi connectivity index (χ1v) is 20.5. The molecule has 1 unspecified atom stereocenters. The van der Waals surface area contributed by atoms with Gasteiger partial charge >= 0.3 is 0 Å². The maximum Gasteiger partial charge on any atom is 0.0616 e. The van der Waals surface area contributed by atoms with E-state index in [9.17, 15) is 0 Å². The lowest BCUT2D eigenvalue weighted by Gasteiger charge is -2.16. The van der Waals surface area contributed by atoms with Crippen LogP contribution in [0.4, 0.5) is 0 Å². The Hall–Kier alpha value is -1.30. The van der Waals surface area contributed by atoms with Crippen LogP contribution in [0, 0.1) is 25.2 Å². The van der Waals surface area contributed by atoms with Crippen molar-refractivity contribution < 1.29 is 4.74 Å². The molecule has 0 saturated heterocycles. The summed E-state index contributed by atoms with van der Waals surface area (Å²) in [5, 5.41) is 0. The van der Waals surface area contributed by atoms with Crippen molar-refractivity contribution in [2.45, 2.75) is 194 Å². The lowest BCUT2D eigenvalue weighted by Crippen LogP contribution is -2.24. The van der Waals surface area contributed by atoms with Crippen LogP contribution in [0.5, 0.6) is 0 Å². The molecule has 1 radical (unpaired) electrons. The van der Waals surface area contributed by atoms with Gasteiger partial charge in [-0.3, -0.25) is 0 Å². The second kappa shape index (κ2) is 44.7. The van der Waals surface area contributed by atoms with Crippen molar-refractivity contribution in [3.63, 3.8) is 0 Å². The van der Waals surface area contributed by atoms with Crippen LogP contribution in [0.15, 0.2) is 36.5 Å². The molecule has 2 nitrogen and oxygen atoms in total. The zero-order valence-corrected chi connectivity index (χ0v) is 32.6. The first kappa shape index (κ1) is 47.8. The number of nitrogens with zero attached hydrogens (tertiary/aromatic N) is 1. The predicted molar refractivity (Wildman–Crippen MR) is 215 cm³/mol. The second-order valence-electron chi connectivity index (χ2n) is 13.9. The van der Waals surface area contributed by atoms with Gasteiger partial charge in [0.2, 0.25) is 0 Å². The van der Waals surface area contributed by atoms with Crippen molar-refractivity contribution in [2.75, 3.05) is 33.9 Å². The number of ether oxygens (including phenoxy) is 1. The summed E-state index contributed by atoms with van der Waals surface area (Å²) in [5.41, 5.74) is 0. The Kier molecular flexibility index (Phi) is 45.5. The number of hydrogen-bond acceptors (Lipinski definition) is 2. The minimum atomic E-state index is 0.213. The fourth-order valence-corrected chi connectivity index (χ4v) is 5.61. The predicted octanol–water partition coefficient (Wildman–Crippen LogP) is 14.3. The third-order valence-electron chi connectivity index (χ3n) is 8.64. The minimum absolute atomic E-state index is 0.213. The highest BCUT2D eigenvalue weighted by Gasteiger charge is 2.06. The fourth-order valence-electron chi connectivity index (χ4n) is 5.61. The first-order chi connectivity index (χ1) is 23.1. The van der Waals surface area contributed by atoms with Crippen molar-refractivity contribution in [1.82, 2.24) is 4.90 Å². The summed E-state index contributed by atoms with van der Waals surface area (Å²) in [4.78, 5) is 2.12. The Morgan fingerprint density at radius 2 is 0.936 bits per heavy atom. The molecule has 275 valence electrons. The van der Waals surface area contributed by atoms with Gasteiger partial charge in [0.1, 0.15) is 0 Å². The van der Waals surface area contributed by atoms with E-state index >= 15 is 0 Å². The van der Waals surface area contributed by atoms with Crippen LogP contribution in [0.25, 0.3) is 0 Å². The van der Waals surface area contributed by atoms with Crippen LogP contribution < -0.4 is 0 Å². The summed E-state index contributed by atoms with van der Waals surface area (Å²) in [6.45, 7) is 10.9. The smallest absolute Gasteiger partial charge is 0.0616 e. The molecule has 1 atom stereocenters. The molecule has 47 heavy (non-hydrogen) atoms. The van der Waals surface area contributed by atoms with Gasteiger partial charge in [-0.1, -0.05) is 179 Å². The molecular weight excluding hydrogens is 571 g/mol. The molecule has 0 N–H and O–H groups in total. The van der Waals surface area contributed by atoms with Crippen LogP contribution in [0.3, 0.4) is 0 Å². The summed E-state index contributed by atoms with van der Waals surface area (Å²) in [6, 6.07) is 0. The molecule has 0 aliphatic carbocycles. The molecule has 2 heteroatoms. The van der Waals surface area contributed by atoms with Gasteiger partial charge in [0.25, 0.3) is 0 Å². The molecule has 0 aliphatic heterocycles. The summed E-state index contributed by atoms with van der Waals surface area (Å²) < 4.78 is 5.72. The van der Waals surface area contributed by atoms with Gasteiger partial charge in [-0.25, -0.2) is 0 Å². The van der Waals surface area contributed by atoms with E-state index in [1.807, 2.05) is 14.1 Å². The molecule has 0 aromatic heterocycles. The molecular formula is C45H84NO. The summed E-state index contributed by atoms with van der Waals surface area (Å²) in [7, 11) is 4.10. The first-order valence-electron chi connectivity index (χ1n) is 20.5. The third kappa shape index (κ3) is 46.9. The van der Waals surface area contributed by atoms with Crippen LogP contribution in [-0.4, -0.2) is 38.8 Å². The van der Waals surface area contributed by atoms with Crippen LogP contribution in [0.1, 0.15) is 194 Å². The topological polar surface area (TPSA) is 12.5 Å². The van der Waals surface area contributed by atoms with Crippen molar-refractivity contribution >= 4 is 0 Å². The Bertz CT molecular complexity index is 665. The molecule has 0 aromatic carbocycles. The van der Waals surface area contributed by atoms with E-state index in [0.29, 0.717) is 6.61 Å². The molecule has 0 saturated carbocycles. The Labute approximate surface area is 298 Å². The van der Waals surface area contributed by atoms with E-state index in [0.717, 1.165) is 32.4 Å². The highest BCUT2D eigenvalue weighted by molar-refractivity contribution is 4.94. The van der Waals surface area contributed by atoms with Crippen LogP contribution >= 0.6 is 0 Å². The Balaban J connectivity index is 0. The van der Waals surface area contributed by atoms with Gasteiger partial charge in [-0.15, -0.1) is 6.42 Å². The fraction of sp³-hybridized carbons (Fsp3) is 0.800. The van der Waals surface area contributed by atoms with E-state index in [-0.39, 0.29) is 5.92 Å². The molecule has 0 spiro atoms. The third-order valence-corrected chi connectivity index (χ3v) is 8.64. The van der Waals surface area contributed by atoms with Gasteiger partial charge in [0.15, 0.2) is 0 Å². The number of rotatable bonds is 35. The zero-order chi connectivity index (χ0) is 34.7. The molecule has 0 amide bonds. The Morgan fingerprint density at radius 3 is 1.38 bits per heavy atom. The highest BCUT2D eigenvalue weighted by Crippen LogP contribution is 2.11. The highest BCUT2D eigenvalue weighted by atomic mass is 16.5. The molecule has 0 bridgehead atoms. The maximum absolute atomic E-state index is 5.72. The van der Waals surface area contributed by atoms with Crippen molar-refractivity contribution in [1.29, 1.82) is 0 Å². The van der Waals surface area contributed by atoms with E-state index < -0.39 is 0 Å². The Morgan fingerprint density at radius 1 is 0.553 bits per heavy atom. The van der Waals surface area contributed by atoms with Crippen molar-refractivity contribution in [2.24, 2.45) is 5.92 Å². The van der Waals surface area contributed by atoms with Crippen molar-refractivity contribution in [3.05, 3.63) is 43.4 Å². The lowest BCUT2D eigenvalue weighted by molar-refractivity contribution is 0.103. The average molecular weight is 655 g/mol. The summed E-state index contributed by atoms with van der Waals surface area (Å²) in [6.07, 6.45) is 57.0. The van der Waals surface area contributed by atoms with Gasteiger partial charge in [0, 0.05) is 13.2 Å². The van der Waals surface area contributed by atoms with Gasteiger partial charge in [0.05, 0.1) is 12.5 Å². The largest absolute Gasteiger partial charge is 0.380 e. The molecule has 0 aromatic rings. The number of allylic oxidation sites excluding steroid dienone is 6. The number of terminal acetylenes is 1. The lowest BCUT2D eigenvalue weighted by atomic mass is 10.1. The molecule has 0 fully saturated rings. The van der Waals surface area contributed by atoms with Crippen LogP contribution in [0.2, 0.25) is 0 Å². The standard InChI is InChI=1S/C25H45NO.C20H39/c1-5-7-8-9-10-11-12-13-14-15-16-17-18-19-20-21-22-27-24-25(6-2)23-26(3)4;1-3-5-7-9-11-13-15-17-19-20-18-16-14-12-10-8-6-4-2/h2,10-11,13-14,25H,5,7-9,12,15-24H2,1,3-4H3;19-20H,1,3-18H2,2H3/b11-10-,14-13-;20-19-. The van der Waals surface area contributed by atoms with E-state index in [1.165, 1.54) is 161 Å². The van der Waals surface area contributed by atoms with Gasteiger partial charge in [-0.2, -0.15) is 0 Å². The van der Waals surface area contributed by atoms with Gasteiger partial charge in [-0.05, 0) is 78.3 Å². The monoisotopic (exact) mass is 655 g/mol. The summed E-state index contributed by atoms with van der Waals surface area (Å²) >= 11 is 0. The normalized spacial score (nSPS) is 12.4. The van der Waals surface area contributed by atoms with Crippen molar-refractivity contribution in [3.8, 4) is 12.3 Å². The molecule has 0 rings (SSSR count). The SMILES string of the molecule is C#CC(COCCCCCCCC/C=C\C/C=C\CCCCC)CN(C)C.[CH2]CCCCCCCC/C=C\CCCCCCCCC. The van der Waals surface area contributed by atoms with E-state index in [4.69, 9.17) is 11.2 Å². The van der Waals surface area contributed by atoms with E-state index in [1.54, 1.807) is 0 Å². The number of hydrogen-bond donors (Lipinski definition) is 0. The minimum Gasteiger partial charge on any atom is -0.380 e. The maximum atomic E-state index is 5.72. The zero-order valence-electron chi connectivity index (χ0n) is 32.6. The molecule has 0 heterocycles. The molecule has 0 aliphatic rings. The van der Waals surface area contributed by atoms with Gasteiger partial charge < -0.3 is 9.64 Å². The van der Waals surface area contributed by atoms with Crippen LogP contribution in [-0.2, 0) is 4.74 Å². The van der Waals surface area contributed by atoms with E-state index in [2.05, 4.69) is 68.0 Å². The quantitative estimate of drug-likeness (QED) is 0.0383. The summed E-state index contributed by atoms with van der Waals surface area (Å²) in [5.74, 6) is 3.03. The number of unbranched alkanes of at least 4 members (excludes halogenated alkanes) is 23.